The summed E-state index contributed by atoms with van der Waals surface area (Å²) in [5.41, 5.74) is 0.247. The van der Waals surface area contributed by atoms with Crippen LogP contribution in [0.3, 0.4) is 0 Å². The van der Waals surface area contributed by atoms with Crippen molar-refractivity contribution in [3.8, 4) is 23.3 Å². The molecule has 2 rings (SSSR count). The predicted molar refractivity (Wildman–Crippen MR) is 112 cm³/mol. The van der Waals surface area contributed by atoms with E-state index >= 15 is 0 Å². The molecule has 2 aromatic rings. The van der Waals surface area contributed by atoms with E-state index in [4.69, 9.17) is 9.84 Å². The summed E-state index contributed by atoms with van der Waals surface area (Å²) in [6.45, 7) is 5.17. The SMILES string of the molecule is CC(C)(C)NC(=O)c1ccc(OCC#Cc2cnc(C(=O)NCC(=O)O)c(O)c2)cc1. The summed E-state index contributed by atoms with van der Waals surface area (Å²) in [6, 6.07) is 7.88. The van der Waals surface area contributed by atoms with E-state index in [1.807, 2.05) is 20.8 Å². The third kappa shape index (κ3) is 7.70. The normalized spacial score (nSPS) is 10.4. The third-order valence-corrected chi connectivity index (χ3v) is 3.63. The number of amides is 2. The Balaban J connectivity index is 1.91. The van der Waals surface area contributed by atoms with Crippen molar-refractivity contribution in [2.75, 3.05) is 13.2 Å². The lowest BCUT2D eigenvalue weighted by Crippen LogP contribution is -2.40. The molecular weight excluding hydrogens is 402 g/mol. The Hall–Kier alpha value is -4.06. The Labute approximate surface area is 179 Å². The summed E-state index contributed by atoms with van der Waals surface area (Å²) in [6.07, 6.45) is 1.28. The van der Waals surface area contributed by atoms with Crippen molar-refractivity contribution in [3.05, 3.63) is 53.3 Å². The second-order valence-electron chi connectivity index (χ2n) is 7.49. The molecule has 1 aromatic heterocycles. The van der Waals surface area contributed by atoms with Crippen molar-refractivity contribution in [2.24, 2.45) is 0 Å². The monoisotopic (exact) mass is 425 g/mol. The predicted octanol–water partition coefficient (Wildman–Crippen LogP) is 1.56. The van der Waals surface area contributed by atoms with E-state index in [0.717, 1.165) is 0 Å². The van der Waals surface area contributed by atoms with Gasteiger partial charge in [-0.25, -0.2) is 4.98 Å². The van der Waals surface area contributed by atoms with Crippen LogP contribution in [0.1, 0.15) is 47.2 Å². The highest BCUT2D eigenvalue weighted by Gasteiger charge is 2.15. The topological polar surface area (TPSA) is 138 Å². The molecule has 31 heavy (non-hydrogen) atoms. The average molecular weight is 425 g/mol. The van der Waals surface area contributed by atoms with Gasteiger partial charge in [-0.15, -0.1) is 0 Å². The van der Waals surface area contributed by atoms with Crippen LogP contribution in [0.15, 0.2) is 36.5 Å². The van der Waals surface area contributed by atoms with Crippen molar-refractivity contribution in [1.82, 2.24) is 15.6 Å². The Morgan fingerprint density at radius 2 is 1.81 bits per heavy atom. The molecule has 0 aliphatic heterocycles. The molecular formula is C22H23N3O6. The van der Waals surface area contributed by atoms with Crippen molar-refractivity contribution < 1.29 is 29.3 Å². The number of aromatic nitrogens is 1. The van der Waals surface area contributed by atoms with Crippen LogP contribution in [-0.4, -0.2) is 51.7 Å². The quantitative estimate of drug-likeness (QED) is 0.515. The Morgan fingerprint density at radius 3 is 2.39 bits per heavy atom. The molecule has 0 saturated carbocycles. The molecule has 9 nitrogen and oxygen atoms in total. The highest BCUT2D eigenvalue weighted by molar-refractivity contribution is 5.96. The van der Waals surface area contributed by atoms with Gasteiger partial charge in [-0.2, -0.15) is 0 Å². The Bertz CT molecular complexity index is 1030. The minimum absolute atomic E-state index is 0.0507. The molecule has 0 atom stereocenters. The lowest BCUT2D eigenvalue weighted by atomic mass is 10.1. The lowest BCUT2D eigenvalue weighted by Gasteiger charge is -2.20. The highest BCUT2D eigenvalue weighted by atomic mass is 16.5. The summed E-state index contributed by atoms with van der Waals surface area (Å²) in [7, 11) is 0. The first kappa shape index (κ1) is 23.2. The number of carbonyl (C=O) groups is 3. The van der Waals surface area contributed by atoms with E-state index in [0.29, 0.717) is 16.9 Å². The summed E-state index contributed by atoms with van der Waals surface area (Å²) < 4.78 is 5.50. The smallest absolute Gasteiger partial charge is 0.322 e. The number of ether oxygens (including phenoxy) is 1. The molecule has 0 fully saturated rings. The summed E-state index contributed by atoms with van der Waals surface area (Å²) in [4.78, 5) is 38.1. The number of hydrogen-bond acceptors (Lipinski definition) is 6. The molecule has 0 spiro atoms. The fraction of sp³-hybridized carbons (Fsp3) is 0.273. The van der Waals surface area contributed by atoms with E-state index in [2.05, 4.69) is 27.5 Å². The van der Waals surface area contributed by atoms with Gasteiger partial charge in [-0.05, 0) is 51.1 Å². The van der Waals surface area contributed by atoms with Gasteiger partial charge in [0.2, 0.25) is 0 Å². The molecule has 0 bridgehead atoms. The molecule has 0 aliphatic rings. The maximum atomic E-state index is 12.1. The molecule has 9 heteroatoms. The van der Waals surface area contributed by atoms with Crippen LogP contribution < -0.4 is 15.4 Å². The summed E-state index contributed by atoms with van der Waals surface area (Å²) in [5, 5.41) is 23.4. The largest absolute Gasteiger partial charge is 0.505 e. The minimum atomic E-state index is -1.21. The van der Waals surface area contributed by atoms with Gasteiger partial charge >= 0.3 is 5.97 Å². The standard InChI is InChI=1S/C22H23N3O6/c1-22(2,3)25-20(29)15-6-8-16(9-7-15)31-10-4-5-14-11-17(26)19(23-12-14)21(30)24-13-18(27)28/h6-9,11-12,26H,10,13H2,1-3H3,(H,24,30)(H,25,29)(H,27,28). The molecule has 0 radical (unpaired) electrons. The van der Waals surface area contributed by atoms with E-state index < -0.39 is 24.2 Å². The minimum Gasteiger partial charge on any atom is -0.505 e. The maximum absolute atomic E-state index is 12.1. The number of carboxylic acids is 1. The first-order valence-electron chi connectivity index (χ1n) is 9.28. The first-order chi connectivity index (χ1) is 14.5. The lowest BCUT2D eigenvalue weighted by molar-refractivity contribution is -0.135. The molecule has 0 unspecified atom stereocenters. The molecule has 2 amide bonds. The van der Waals surface area contributed by atoms with Crippen LogP contribution in [-0.2, 0) is 4.79 Å². The van der Waals surface area contributed by atoms with Crippen LogP contribution in [0.5, 0.6) is 11.5 Å². The molecule has 4 N–H and O–H groups in total. The number of nitrogens with zero attached hydrogens (tertiary/aromatic N) is 1. The van der Waals surface area contributed by atoms with Gasteiger partial charge in [0.25, 0.3) is 11.8 Å². The number of aromatic hydroxyl groups is 1. The summed E-state index contributed by atoms with van der Waals surface area (Å²) >= 11 is 0. The number of carbonyl (C=O) groups excluding carboxylic acids is 2. The van der Waals surface area contributed by atoms with Crippen LogP contribution in [0.4, 0.5) is 0 Å². The van der Waals surface area contributed by atoms with Crippen molar-refractivity contribution in [2.45, 2.75) is 26.3 Å². The number of hydrogen-bond donors (Lipinski definition) is 4. The average Bonchev–Trinajstić information content (AvgIpc) is 2.68. The van der Waals surface area contributed by atoms with Crippen molar-refractivity contribution in [3.63, 3.8) is 0 Å². The van der Waals surface area contributed by atoms with E-state index in [1.54, 1.807) is 24.3 Å². The van der Waals surface area contributed by atoms with Crippen LogP contribution in [0.25, 0.3) is 0 Å². The van der Waals surface area contributed by atoms with Gasteiger partial charge in [-0.1, -0.05) is 11.8 Å². The number of aliphatic carboxylic acids is 1. The van der Waals surface area contributed by atoms with Crippen molar-refractivity contribution >= 4 is 17.8 Å². The van der Waals surface area contributed by atoms with Gasteiger partial charge in [-0.3, -0.25) is 14.4 Å². The summed E-state index contributed by atoms with van der Waals surface area (Å²) in [5.74, 6) is 3.42. The molecule has 162 valence electrons. The second-order valence-corrected chi connectivity index (χ2v) is 7.49. The molecule has 0 saturated heterocycles. The van der Waals surface area contributed by atoms with E-state index in [-0.39, 0.29) is 23.7 Å². The Morgan fingerprint density at radius 1 is 1.13 bits per heavy atom. The van der Waals surface area contributed by atoms with Crippen LogP contribution in [0.2, 0.25) is 0 Å². The fourth-order valence-electron chi connectivity index (χ4n) is 2.31. The fourth-order valence-corrected chi connectivity index (χ4v) is 2.31. The van der Waals surface area contributed by atoms with E-state index in [9.17, 15) is 19.5 Å². The number of nitrogens with one attached hydrogen (secondary N) is 2. The van der Waals surface area contributed by atoms with Crippen LogP contribution in [0, 0.1) is 11.8 Å². The number of pyridine rings is 1. The second kappa shape index (κ2) is 10.1. The highest BCUT2D eigenvalue weighted by Crippen LogP contribution is 2.16. The van der Waals surface area contributed by atoms with Crippen molar-refractivity contribution in [1.29, 1.82) is 0 Å². The number of rotatable bonds is 6. The molecule has 1 heterocycles. The zero-order chi connectivity index (χ0) is 23.0. The number of carboxylic acid groups (broad SMARTS) is 1. The Kier molecular flexibility index (Phi) is 7.58. The zero-order valence-electron chi connectivity index (χ0n) is 17.4. The van der Waals surface area contributed by atoms with Gasteiger partial charge in [0.15, 0.2) is 5.69 Å². The van der Waals surface area contributed by atoms with Gasteiger partial charge in [0, 0.05) is 22.9 Å². The molecule has 0 aliphatic carbocycles. The van der Waals surface area contributed by atoms with E-state index in [1.165, 1.54) is 12.3 Å². The third-order valence-electron chi connectivity index (χ3n) is 3.63. The van der Waals surface area contributed by atoms with Crippen LogP contribution >= 0.6 is 0 Å². The maximum Gasteiger partial charge on any atom is 0.322 e. The molecule has 1 aromatic carbocycles. The first-order valence-corrected chi connectivity index (χ1v) is 9.28. The van der Waals surface area contributed by atoms with Gasteiger partial charge in [0.05, 0.1) is 0 Å². The number of benzene rings is 1. The zero-order valence-corrected chi connectivity index (χ0v) is 17.4. The van der Waals surface area contributed by atoms with Gasteiger partial charge in [0.1, 0.15) is 24.7 Å². The van der Waals surface area contributed by atoms with Gasteiger partial charge < -0.3 is 25.6 Å².